The number of aryl methyl sites for hydroxylation is 2. The van der Waals surface area contributed by atoms with E-state index in [1.807, 2.05) is 80.6 Å². The topological polar surface area (TPSA) is 95.1 Å². The minimum atomic E-state index is -0.227. The molecule has 34 heavy (non-hydrogen) atoms. The molecule has 0 aliphatic carbocycles. The molecule has 0 bridgehead atoms. The maximum atomic E-state index is 12.9. The fourth-order valence-corrected chi connectivity index (χ4v) is 3.79. The molecule has 2 heterocycles. The van der Waals surface area contributed by atoms with Gasteiger partial charge in [0.1, 0.15) is 12.3 Å². The number of nitrogens with one attached hydrogen (secondary N) is 1. The number of carbonyl (C=O) groups excluding carboxylic acids is 1. The number of carbonyl (C=O) groups is 1. The molecule has 1 N–H and O–H groups in total. The molecule has 5 rings (SSSR count). The van der Waals surface area contributed by atoms with Crippen LogP contribution in [0.4, 0.5) is 5.69 Å². The van der Waals surface area contributed by atoms with Crippen LogP contribution >= 0.6 is 0 Å². The van der Waals surface area contributed by atoms with Gasteiger partial charge in [0.25, 0.3) is 5.89 Å². The van der Waals surface area contributed by atoms with E-state index in [2.05, 4.69) is 20.6 Å². The van der Waals surface area contributed by atoms with Crippen LogP contribution in [0.1, 0.15) is 11.1 Å². The molecule has 0 saturated carbocycles. The number of rotatable bonds is 6. The molecule has 0 radical (unpaired) electrons. The van der Waals surface area contributed by atoms with Gasteiger partial charge in [-0.3, -0.25) is 9.48 Å². The van der Waals surface area contributed by atoms with E-state index in [-0.39, 0.29) is 12.5 Å². The van der Waals surface area contributed by atoms with E-state index < -0.39 is 0 Å². The summed E-state index contributed by atoms with van der Waals surface area (Å²) in [6.07, 6.45) is 0. The first kappa shape index (κ1) is 21.4. The molecule has 0 fully saturated rings. The summed E-state index contributed by atoms with van der Waals surface area (Å²) in [5, 5.41) is 12.5. The van der Waals surface area contributed by atoms with E-state index in [1.165, 1.54) is 0 Å². The van der Waals surface area contributed by atoms with Crippen molar-refractivity contribution in [1.82, 2.24) is 19.9 Å². The van der Waals surface area contributed by atoms with E-state index in [0.717, 1.165) is 27.6 Å². The van der Waals surface area contributed by atoms with E-state index in [9.17, 15) is 4.79 Å². The Hall–Kier alpha value is -4.46. The molecule has 170 valence electrons. The van der Waals surface area contributed by atoms with Crippen molar-refractivity contribution in [3.05, 3.63) is 77.9 Å². The van der Waals surface area contributed by atoms with Gasteiger partial charge < -0.3 is 14.6 Å². The van der Waals surface area contributed by atoms with Gasteiger partial charge in [-0.25, -0.2) is 0 Å². The maximum absolute atomic E-state index is 12.9. The predicted octanol–water partition coefficient (Wildman–Crippen LogP) is 5.02. The fourth-order valence-electron chi connectivity index (χ4n) is 3.79. The highest BCUT2D eigenvalue weighted by Gasteiger charge is 2.20. The van der Waals surface area contributed by atoms with Gasteiger partial charge in [0.2, 0.25) is 11.7 Å². The molecule has 1 amide bonds. The summed E-state index contributed by atoms with van der Waals surface area (Å²) in [5.41, 5.74) is 4.96. The molecular weight excluding hydrogens is 430 g/mol. The summed E-state index contributed by atoms with van der Waals surface area (Å²) < 4.78 is 12.5. The highest BCUT2D eigenvalue weighted by molar-refractivity contribution is 5.95. The van der Waals surface area contributed by atoms with Crippen molar-refractivity contribution < 1.29 is 14.1 Å². The Morgan fingerprint density at radius 3 is 2.59 bits per heavy atom. The van der Waals surface area contributed by atoms with Gasteiger partial charge >= 0.3 is 0 Å². The Morgan fingerprint density at radius 1 is 1.03 bits per heavy atom. The van der Waals surface area contributed by atoms with Gasteiger partial charge in [-0.2, -0.15) is 10.1 Å². The zero-order chi connectivity index (χ0) is 23.7. The van der Waals surface area contributed by atoms with Crippen molar-refractivity contribution in [3.8, 4) is 28.7 Å². The Bertz CT molecular complexity index is 1480. The number of para-hydroxylation sites is 1. The standard InChI is InChI=1S/C26H23N5O3/c1-16-8-11-18(12-9-16)25-28-26(34-30-25)24-19-6-4-5-7-21(19)31(29-24)15-23(32)27-20-14-17(2)10-13-22(20)33-3/h4-14H,15H2,1-3H3,(H,27,32). The van der Waals surface area contributed by atoms with Crippen molar-refractivity contribution in [2.45, 2.75) is 20.4 Å². The van der Waals surface area contributed by atoms with Gasteiger partial charge in [-0.1, -0.05) is 59.3 Å². The lowest BCUT2D eigenvalue weighted by Gasteiger charge is -2.11. The van der Waals surface area contributed by atoms with Gasteiger partial charge in [0, 0.05) is 10.9 Å². The lowest BCUT2D eigenvalue weighted by Crippen LogP contribution is -2.20. The Balaban J connectivity index is 1.45. The second-order valence-electron chi connectivity index (χ2n) is 8.06. The monoisotopic (exact) mass is 453 g/mol. The number of nitrogens with zero attached hydrogens (tertiary/aromatic N) is 4. The molecule has 5 aromatic rings. The Labute approximate surface area is 196 Å². The van der Waals surface area contributed by atoms with Crippen molar-refractivity contribution in [2.75, 3.05) is 12.4 Å². The fraction of sp³-hybridized carbons (Fsp3) is 0.154. The minimum absolute atomic E-state index is 0.0105. The van der Waals surface area contributed by atoms with Crippen LogP contribution in [0.2, 0.25) is 0 Å². The number of benzene rings is 3. The first-order valence-corrected chi connectivity index (χ1v) is 10.8. The smallest absolute Gasteiger partial charge is 0.279 e. The van der Waals surface area contributed by atoms with E-state index >= 15 is 0 Å². The average molecular weight is 454 g/mol. The lowest BCUT2D eigenvalue weighted by atomic mass is 10.1. The molecule has 0 unspecified atom stereocenters. The average Bonchev–Trinajstić information content (AvgIpc) is 3.45. The normalized spacial score (nSPS) is 11.0. The number of hydrogen-bond acceptors (Lipinski definition) is 6. The van der Waals surface area contributed by atoms with Crippen LogP contribution in [-0.2, 0) is 11.3 Å². The van der Waals surface area contributed by atoms with Crippen molar-refractivity contribution in [3.63, 3.8) is 0 Å². The lowest BCUT2D eigenvalue weighted by molar-refractivity contribution is -0.116. The molecule has 0 aliphatic rings. The highest BCUT2D eigenvalue weighted by Crippen LogP contribution is 2.29. The van der Waals surface area contributed by atoms with Gasteiger partial charge in [0.15, 0.2) is 5.69 Å². The summed E-state index contributed by atoms with van der Waals surface area (Å²) in [7, 11) is 1.57. The second-order valence-corrected chi connectivity index (χ2v) is 8.06. The summed E-state index contributed by atoms with van der Waals surface area (Å²) in [5.74, 6) is 1.15. The van der Waals surface area contributed by atoms with E-state index in [1.54, 1.807) is 11.8 Å². The highest BCUT2D eigenvalue weighted by atomic mass is 16.5. The van der Waals surface area contributed by atoms with Gasteiger partial charge in [0.05, 0.1) is 18.3 Å². The van der Waals surface area contributed by atoms with Crippen molar-refractivity contribution in [1.29, 1.82) is 0 Å². The second kappa shape index (κ2) is 8.82. The van der Waals surface area contributed by atoms with E-state index in [0.29, 0.717) is 28.8 Å². The summed E-state index contributed by atoms with van der Waals surface area (Å²) in [4.78, 5) is 17.4. The van der Waals surface area contributed by atoms with Crippen LogP contribution in [0.25, 0.3) is 33.9 Å². The summed E-state index contributed by atoms with van der Waals surface area (Å²) in [6.45, 7) is 3.99. The molecule has 8 heteroatoms. The number of amides is 1. The number of methoxy groups -OCH3 is 1. The molecular formula is C26H23N5O3. The third-order valence-corrected chi connectivity index (χ3v) is 5.52. The zero-order valence-corrected chi connectivity index (χ0v) is 19.1. The van der Waals surface area contributed by atoms with Crippen LogP contribution in [0, 0.1) is 13.8 Å². The molecule has 2 aromatic heterocycles. The van der Waals surface area contributed by atoms with Gasteiger partial charge in [-0.15, -0.1) is 0 Å². The third-order valence-electron chi connectivity index (χ3n) is 5.52. The predicted molar refractivity (Wildman–Crippen MR) is 130 cm³/mol. The first-order chi connectivity index (χ1) is 16.5. The summed E-state index contributed by atoms with van der Waals surface area (Å²) in [6, 6.07) is 21.2. The maximum Gasteiger partial charge on any atom is 0.279 e. The molecule has 3 aromatic carbocycles. The van der Waals surface area contributed by atoms with Crippen LogP contribution in [-0.4, -0.2) is 32.9 Å². The van der Waals surface area contributed by atoms with Crippen LogP contribution < -0.4 is 10.1 Å². The molecule has 0 saturated heterocycles. The molecule has 0 spiro atoms. The largest absolute Gasteiger partial charge is 0.495 e. The first-order valence-electron chi connectivity index (χ1n) is 10.8. The zero-order valence-electron chi connectivity index (χ0n) is 19.1. The molecule has 8 nitrogen and oxygen atoms in total. The third kappa shape index (κ3) is 4.13. The quantitative estimate of drug-likeness (QED) is 0.388. The number of aromatic nitrogens is 4. The van der Waals surface area contributed by atoms with E-state index in [4.69, 9.17) is 9.26 Å². The van der Waals surface area contributed by atoms with Crippen molar-refractivity contribution in [2.24, 2.45) is 0 Å². The minimum Gasteiger partial charge on any atom is -0.495 e. The van der Waals surface area contributed by atoms with Gasteiger partial charge in [-0.05, 0) is 37.6 Å². The van der Waals surface area contributed by atoms with Crippen LogP contribution in [0.5, 0.6) is 5.75 Å². The number of anilines is 1. The SMILES string of the molecule is COc1ccc(C)cc1NC(=O)Cn1nc(-c2nc(-c3ccc(C)cc3)no2)c2ccccc21. The molecule has 0 aliphatic heterocycles. The van der Waals surface area contributed by atoms with Crippen molar-refractivity contribution >= 4 is 22.5 Å². The number of ether oxygens (including phenoxy) is 1. The molecule has 0 atom stereocenters. The number of hydrogen-bond donors (Lipinski definition) is 1. The Morgan fingerprint density at radius 2 is 1.79 bits per heavy atom. The number of fused-ring (bicyclic) bond motifs is 1. The summed E-state index contributed by atoms with van der Waals surface area (Å²) >= 11 is 0. The van der Waals surface area contributed by atoms with Crippen LogP contribution in [0.3, 0.4) is 0 Å². The van der Waals surface area contributed by atoms with Crippen LogP contribution in [0.15, 0.2) is 71.3 Å². The Kier molecular flexibility index (Phi) is 5.55.